The Labute approximate surface area is 265 Å². The summed E-state index contributed by atoms with van der Waals surface area (Å²) in [6.07, 6.45) is -0.439. The van der Waals surface area contributed by atoms with Crippen molar-refractivity contribution in [1.29, 1.82) is 0 Å². The molecule has 0 radical (unpaired) electrons. The zero-order chi connectivity index (χ0) is 32.1. The van der Waals surface area contributed by atoms with Gasteiger partial charge in [-0.15, -0.1) is 0 Å². The first-order chi connectivity index (χ1) is 20.7. The lowest BCUT2D eigenvalue weighted by atomic mass is 10.0. The molecular weight excluding hydrogens is 638 g/mol. The average molecular weight is 671 g/mol. The van der Waals surface area contributed by atoms with Crippen molar-refractivity contribution in [3.63, 3.8) is 0 Å². The number of sulfonamides is 1. The van der Waals surface area contributed by atoms with Gasteiger partial charge >= 0.3 is 6.18 Å². The molecule has 0 heterocycles. The van der Waals surface area contributed by atoms with Crippen LogP contribution in [0.4, 0.5) is 18.9 Å². The van der Waals surface area contributed by atoms with Gasteiger partial charge in [0.1, 0.15) is 12.6 Å². The van der Waals surface area contributed by atoms with Crippen LogP contribution in [0.2, 0.25) is 10.0 Å². The molecule has 0 spiro atoms. The van der Waals surface area contributed by atoms with Crippen molar-refractivity contribution < 1.29 is 31.2 Å². The first kappa shape index (κ1) is 33.6. The molecule has 1 aliphatic rings. The lowest BCUT2D eigenvalue weighted by molar-refractivity contribution is -0.140. The van der Waals surface area contributed by atoms with Crippen molar-refractivity contribution >= 4 is 50.7 Å². The van der Waals surface area contributed by atoms with Crippen LogP contribution in [0.1, 0.15) is 42.4 Å². The Morgan fingerprint density at radius 2 is 1.61 bits per heavy atom. The van der Waals surface area contributed by atoms with Crippen molar-refractivity contribution in [2.75, 3.05) is 17.1 Å². The SMILES string of the molecule is CS(=O)(=O)N(CC(=O)N(Cc1cccc(Cl)c1)C(Cc1ccccc1)C(=O)NC1CCCC1)c1ccc(Cl)c(C(F)(F)F)c1. The van der Waals surface area contributed by atoms with Gasteiger partial charge in [0.15, 0.2) is 0 Å². The van der Waals surface area contributed by atoms with Gasteiger partial charge in [0.25, 0.3) is 0 Å². The third kappa shape index (κ3) is 8.89. The van der Waals surface area contributed by atoms with Crippen LogP contribution in [0, 0.1) is 0 Å². The van der Waals surface area contributed by atoms with Crippen LogP contribution in [0.5, 0.6) is 0 Å². The van der Waals surface area contributed by atoms with E-state index in [1.807, 2.05) is 18.2 Å². The van der Waals surface area contributed by atoms with E-state index in [-0.39, 0.29) is 19.0 Å². The molecule has 1 unspecified atom stereocenters. The number of rotatable bonds is 11. The summed E-state index contributed by atoms with van der Waals surface area (Å²) in [5, 5.41) is 2.82. The van der Waals surface area contributed by atoms with E-state index in [0.29, 0.717) is 21.0 Å². The van der Waals surface area contributed by atoms with Crippen molar-refractivity contribution in [2.24, 2.45) is 0 Å². The number of anilines is 1. The fraction of sp³-hybridized carbons (Fsp3) is 0.355. The molecule has 3 aromatic carbocycles. The molecule has 1 fully saturated rings. The largest absolute Gasteiger partial charge is 0.417 e. The Kier molecular flexibility index (Phi) is 10.9. The van der Waals surface area contributed by atoms with Gasteiger partial charge < -0.3 is 10.2 Å². The highest BCUT2D eigenvalue weighted by molar-refractivity contribution is 7.92. The zero-order valence-corrected chi connectivity index (χ0v) is 26.2. The number of amides is 2. The molecule has 1 atom stereocenters. The Balaban J connectivity index is 1.76. The van der Waals surface area contributed by atoms with Crippen LogP contribution in [-0.4, -0.2) is 50.0 Å². The number of halogens is 5. The van der Waals surface area contributed by atoms with Gasteiger partial charge in [-0.3, -0.25) is 13.9 Å². The van der Waals surface area contributed by atoms with Crippen LogP contribution in [-0.2, 0) is 38.8 Å². The minimum Gasteiger partial charge on any atom is -0.352 e. The molecule has 2 amide bonds. The van der Waals surface area contributed by atoms with E-state index in [1.165, 1.54) is 4.90 Å². The first-order valence-electron chi connectivity index (χ1n) is 13.9. The molecule has 0 saturated heterocycles. The number of nitrogens with zero attached hydrogens (tertiary/aromatic N) is 2. The maximum absolute atomic E-state index is 14.1. The van der Waals surface area contributed by atoms with Crippen LogP contribution >= 0.6 is 23.2 Å². The van der Waals surface area contributed by atoms with E-state index in [4.69, 9.17) is 23.2 Å². The molecule has 1 N–H and O–H groups in total. The highest BCUT2D eigenvalue weighted by Gasteiger charge is 2.37. The van der Waals surface area contributed by atoms with Crippen molar-refractivity contribution in [2.45, 2.75) is 56.9 Å². The maximum atomic E-state index is 14.1. The molecule has 13 heteroatoms. The quantitative estimate of drug-likeness (QED) is 0.253. The second-order valence-electron chi connectivity index (χ2n) is 10.8. The normalized spacial score (nSPS) is 14.7. The van der Waals surface area contributed by atoms with Gasteiger partial charge in [-0.2, -0.15) is 13.2 Å². The smallest absolute Gasteiger partial charge is 0.352 e. The monoisotopic (exact) mass is 669 g/mol. The van der Waals surface area contributed by atoms with Crippen LogP contribution < -0.4 is 9.62 Å². The Hall–Kier alpha value is -3.28. The molecule has 0 aromatic heterocycles. The highest BCUT2D eigenvalue weighted by atomic mass is 35.5. The number of carbonyl (C=O) groups is 2. The van der Waals surface area contributed by atoms with E-state index < -0.39 is 56.9 Å². The van der Waals surface area contributed by atoms with Gasteiger partial charge in [0, 0.05) is 24.0 Å². The van der Waals surface area contributed by atoms with E-state index in [1.54, 1.807) is 36.4 Å². The van der Waals surface area contributed by atoms with Crippen molar-refractivity contribution in [1.82, 2.24) is 10.2 Å². The summed E-state index contributed by atoms with van der Waals surface area (Å²) >= 11 is 12.0. The lowest BCUT2D eigenvalue weighted by Crippen LogP contribution is -2.54. The molecule has 0 bridgehead atoms. The first-order valence-corrected chi connectivity index (χ1v) is 16.6. The number of hydrogen-bond donors (Lipinski definition) is 1. The van der Waals surface area contributed by atoms with Gasteiger partial charge in [-0.1, -0.05) is 78.5 Å². The van der Waals surface area contributed by atoms with Gasteiger partial charge in [-0.05, 0) is 54.3 Å². The van der Waals surface area contributed by atoms with Crippen LogP contribution in [0.3, 0.4) is 0 Å². The predicted molar refractivity (Wildman–Crippen MR) is 165 cm³/mol. The third-order valence-corrected chi connectivity index (χ3v) is 9.14. The summed E-state index contributed by atoms with van der Waals surface area (Å²) < 4.78 is 67.3. The van der Waals surface area contributed by atoms with E-state index >= 15 is 0 Å². The number of hydrogen-bond acceptors (Lipinski definition) is 4. The molecule has 44 heavy (non-hydrogen) atoms. The standard InChI is InChI=1S/C31H32Cl2F3N3O4S/c1-44(42,43)39(25-14-15-27(33)26(18-25)31(34,35)36)20-29(40)38(19-22-10-7-11-23(32)16-22)28(17-21-8-3-2-4-9-21)30(41)37-24-12-5-6-13-24/h2-4,7-11,14-16,18,24,28H,5-6,12-13,17,19-20H2,1H3,(H,37,41). The summed E-state index contributed by atoms with van der Waals surface area (Å²) in [5.74, 6) is -1.20. The Morgan fingerprint density at radius 3 is 2.23 bits per heavy atom. The fourth-order valence-corrected chi connectivity index (χ4v) is 6.53. The topological polar surface area (TPSA) is 86.8 Å². The van der Waals surface area contributed by atoms with Gasteiger partial charge in [0.2, 0.25) is 21.8 Å². The summed E-state index contributed by atoms with van der Waals surface area (Å²) in [7, 11) is -4.27. The summed E-state index contributed by atoms with van der Waals surface area (Å²) in [5.41, 5.74) is -0.300. The molecule has 1 saturated carbocycles. The van der Waals surface area contributed by atoms with E-state index in [0.717, 1.165) is 49.6 Å². The molecular formula is C31H32Cl2F3N3O4S. The fourth-order valence-electron chi connectivity index (χ4n) is 5.25. The minimum atomic E-state index is -4.86. The molecule has 1 aliphatic carbocycles. The number of carbonyl (C=O) groups excluding carboxylic acids is 2. The average Bonchev–Trinajstić information content (AvgIpc) is 3.46. The molecule has 4 rings (SSSR count). The van der Waals surface area contributed by atoms with Crippen LogP contribution in [0.15, 0.2) is 72.8 Å². The third-order valence-electron chi connectivity index (χ3n) is 7.44. The molecule has 7 nitrogen and oxygen atoms in total. The molecule has 0 aliphatic heterocycles. The summed E-state index contributed by atoms with van der Waals surface area (Å²) in [6.45, 7) is -0.971. The van der Waals surface area contributed by atoms with E-state index in [2.05, 4.69) is 5.32 Å². The van der Waals surface area contributed by atoms with Crippen LogP contribution in [0.25, 0.3) is 0 Å². The Bertz CT molecular complexity index is 1580. The highest BCUT2D eigenvalue weighted by Crippen LogP contribution is 2.37. The second-order valence-corrected chi connectivity index (χ2v) is 13.5. The lowest BCUT2D eigenvalue weighted by Gasteiger charge is -2.34. The van der Waals surface area contributed by atoms with Crippen molar-refractivity contribution in [3.8, 4) is 0 Å². The molecule has 3 aromatic rings. The van der Waals surface area contributed by atoms with Gasteiger partial charge in [-0.25, -0.2) is 8.42 Å². The van der Waals surface area contributed by atoms with Crippen molar-refractivity contribution in [3.05, 3.63) is 99.5 Å². The molecule has 236 valence electrons. The number of alkyl halides is 3. The second kappa shape index (κ2) is 14.2. The predicted octanol–water partition coefficient (Wildman–Crippen LogP) is 6.48. The van der Waals surface area contributed by atoms with E-state index in [9.17, 15) is 31.2 Å². The Morgan fingerprint density at radius 1 is 0.955 bits per heavy atom. The number of nitrogens with one attached hydrogen (secondary N) is 1. The zero-order valence-electron chi connectivity index (χ0n) is 23.9. The van der Waals surface area contributed by atoms with Gasteiger partial charge in [0.05, 0.1) is 22.5 Å². The summed E-state index contributed by atoms with van der Waals surface area (Å²) in [6, 6.07) is 17.2. The summed E-state index contributed by atoms with van der Waals surface area (Å²) in [4.78, 5) is 29.3. The maximum Gasteiger partial charge on any atom is 0.417 e. The number of benzene rings is 3. The minimum absolute atomic E-state index is 0.0636.